The van der Waals surface area contributed by atoms with Gasteiger partial charge in [0, 0.05) is 29.7 Å². The van der Waals surface area contributed by atoms with E-state index in [1.165, 1.54) is 6.26 Å². The van der Waals surface area contributed by atoms with Crippen molar-refractivity contribution < 1.29 is 14.0 Å². The molecule has 1 saturated heterocycles. The van der Waals surface area contributed by atoms with E-state index in [1.54, 1.807) is 24.3 Å². The fourth-order valence-corrected chi connectivity index (χ4v) is 3.07. The lowest BCUT2D eigenvalue weighted by molar-refractivity contribution is 0.0665. The summed E-state index contributed by atoms with van der Waals surface area (Å²) in [5.74, 6) is -0.212. The number of hydrogen-bond acceptors (Lipinski definition) is 4. The highest BCUT2D eigenvalue weighted by Gasteiger charge is 2.23. The van der Waals surface area contributed by atoms with Crippen molar-refractivity contribution in [2.75, 3.05) is 38.5 Å². The van der Waals surface area contributed by atoms with Crippen LogP contribution in [0.4, 0.5) is 5.69 Å². The van der Waals surface area contributed by atoms with Crippen molar-refractivity contribution in [1.29, 1.82) is 0 Å². The van der Waals surface area contributed by atoms with Crippen LogP contribution in [0.3, 0.4) is 0 Å². The molecule has 1 aliphatic heterocycles. The number of halogens is 1. The largest absolute Gasteiger partial charge is 0.459 e. The minimum atomic E-state index is -0.367. The number of nitrogens with zero attached hydrogens (tertiary/aromatic N) is 2. The maximum Gasteiger partial charge on any atom is 0.291 e. The van der Waals surface area contributed by atoms with E-state index in [-0.39, 0.29) is 17.6 Å². The van der Waals surface area contributed by atoms with Crippen molar-refractivity contribution in [2.45, 2.75) is 0 Å². The van der Waals surface area contributed by atoms with Gasteiger partial charge in [-0.1, -0.05) is 0 Å². The maximum absolute atomic E-state index is 12.9. The number of benzene rings is 1. The lowest BCUT2D eigenvalue weighted by Crippen LogP contribution is -2.47. The molecule has 126 valence electrons. The van der Waals surface area contributed by atoms with Gasteiger partial charge in [-0.25, -0.2) is 0 Å². The van der Waals surface area contributed by atoms with Crippen molar-refractivity contribution in [2.24, 2.45) is 0 Å². The van der Waals surface area contributed by atoms with Crippen LogP contribution in [0.5, 0.6) is 0 Å². The summed E-state index contributed by atoms with van der Waals surface area (Å²) < 4.78 is 6.05. The molecule has 2 aromatic rings. The van der Waals surface area contributed by atoms with Crippen LogP contribution in [0.2, 0.25) is 0 Å². The number of carbonyl (C=O) groups is 2. The molecule has 0 spiro atoms. The molecule has 1 aliphatic rings. The van der Waals surface area contributed by atoms with Crippen LogP contribution in [-0.2, 0) is 0 Å². The number of nitrogens with one attached hydrogen (secondary N) is 1. The standard InChI is InChI=1S/C17H18IN3O3/c1-20-6-8-21(9-7-20)17(23)13-11-12(18)4-5-14(13)19-16(22)15-3-2-10-24-15/h2-5,10-11H,6-9H2,1H3,(H,19,22). The number of hydrogen-bond donors (Lipinski definition) is 1. The molecule has 7 heteroatoms. The number of piperazine rings is 1. The smallest absolute Gasteiger partial charge is 0.291 e. The van der Waals surface area contributed by atoms with E-state index in [0.29, 0.717) is 24.3 Å². The zero-order chi connectivity index (χ0) is 17.1. The van der Waals surface area contributed by atoms with Gasteiger partial charge in [0.1, 0.15) is 0 Å². The average Bonchev–Trinajstić information content (AvgIpc) is 3.11. The van der Waals surface area contributed by atoms with E-state index < -0.39 is 0 Å². The lowest BCUT2D eigenvalue weighted by atomic mass is 10.1. The second-order valence-electron chi connectivity index (χ2n) is 5.72. The van der Waals surface area contributed by atoms with Gasteiger partial charge in [-0.05, 0) is 60.0 Å². The number of likely N-dealkylation sites (N-methyl/N-ethyl adjacent to an activating group) is 1. The van der Waals surface area contributed by atoms with Gasteiger partial charge in [-0.15, -0.1) is 0 Å². The van der Waals surface area contributed by atoms with Gasteiger partial charge < -0.3 is 19.5 Å². The predicted octanol–water partition coefficient (Wildman–Crippen LogP) is 2.52. The third-order valence-corrected chi connectivity index (χ3v) is 4.67. The Kier molecular flexibility index (Phi) is 5.20. The zero-order valence-corrected chi connectivity index (χ0v) is 15.4. The molecule has 0 aliphatic carbocycles. The highest BCUT2D eigenvalue weighted by molar-refractivity contribution is 14.1. The first kappa shape index (κ1) is 17.0. The maximum atomic E-state index is 12.9. The first-order chi connectivity index (χ1) is 11.5. The van der Waals surface area contributed by atoms with Gasteiger partial charge in [0.2, 0.25) is 0 Å². The molecule has 0 radical (unpaired) electrons. The Hall–Kier alpha value is -1.87. The summed E-state index contributed by atoms with van der Waals surface area (Å²) in [5, 5.41) is 2.77. The van der Waals surface area contributed by atoms with Crippen LogP contribution in [0.15, 0.2) is 41.0 Å². The molecule has 1 fully saturated rings. The number of furan rings is 1. The second-order valence-corrected chi connectivity index (χ2v) is 6.96. The summed E-state index contributed by atoms with van der Waals surface area (Å²) in [6, 6.07) is 8.66. The Morgan fingerprint density at radius 2 is 1.92 bits per heavy atom. The Bertz CT molecular complexity index is 738. The minimum absolute atomic E-state index is 0.0589. The normalized spacial score (nSPS) is 15.3. The molecule has 1 N–H and O–H groups in total. The number of rotatable bonds is 3. The van der Waals surface area contributed by atoms with E-state index in [1.807, 2.05) is 18.0 Å². The van der Waals surface area contributed by atoms with Crippen molar-refractivity contribution in [3.8, 4) is 0 Å². The average molecular weight is 439 g/mol. The third kappa shape index (κ3) is 3.78. The van der Waals surface area contributed by atoms with Crippen LogP contribution in [0.25, 0.3) is 0 Å². The van der Waals surface area contributed by atoms with Gasteiger partial charge in [0.15, 0.2) is 5.76 Å². The van der Waals surface area contributed by atoms with Gasteiger partial charge in [-0.2, -0.15) is 0 Å². The van der Waals surface area contributed by atoms with Gasteiger partial charge >= 0.3 is 0 Å². The summed E-state index contributed by atoms with van der Waals surface area (Å²) in [7, 11) is 2.04. The van der Waals surface area contributed by atoms with Crippen LogP contribution in [0.1, 0.15) is 20.9 Å². The fraction of sp³-hybridized carbons (Fsp3) is 0.294. The van der Waals surface area contributed by atoms with Crippen LogP contribution in [0, 0.1) is 3.57 Å². The number of amides is 2. The highest BCUT2D eigenvalue weighted by atomic mass is 127. The lowest BCUT2D eigenvalue weighted by Gasteiger charge is -2.32. The van der Waals surface area contributed by atoms with E-state index in [2.05, 4.69) is 32.8 Å². The Labute approximate surface area is 153 Å². The molecule has 2 amide bonds. The Morgan fingerprint density at radius 1 is 1.17 bits per heavy atom. The molecule has 1 aromatic carbocycles. The predicted molar refractivity (Wildman–Crippen MR) is 99.2 cm³/mol. The fourth-order valence-electron chi connectivity index (χ4n) is 2.57. The van der Waals surface area contributed by atoms with E-state index >= 15 is 0 Å². The molecule has 0 atom stereocenters. The highest BCUT2D eigenvalue weighted by Crippen LogP contribution is 2.22. The monoisotopic (exact) mass is 439 g/mol. The zero-order valence-electron chi connectivity index (χ0n) is 13.3. The van der Waals surface area contributed by atoms with E-state index in [9.17, 15) is 9.59 Å². The third-order valence-electron chi connectivity index (χ3n) is 4.00. The summed E-state index contributed by atoms with van der Waals surface area (Å²) >= 11 is 2.16. The number of anilines is 1. The molecule has 24 heavy (non-hydrogen) atoms. The Balaban J connectivity index is 1.83. The molecule has 0 bridgehead atoms. The van der Waals surface area contributed by atoms with Crippen molar-refractivity contribution in [3.05, 3.63) is 51.5 Å². The molecule has 0 unspecified atom stereocenters. The van der Waals surface area contributed by atoms with Gasteiger partial charge in [-0.3, -0.25) is 9.59 Å². The van der Waals surface area contributed by atoms with Crippen LogP contribution in [-0.4, -0.2) is 54.8 Å². The van der Waals surface area contributed by atoms with Gasteiger partial charge in [0.25, 0.3) is 11.8 Å². The Morgan fingerprint density at radius 3 is 2.58 bits per heavy atom. The van der Waals surface area contributed by atoms with Crippen molar-refractivity contribution >= 4 is 40.1 Å². The quantitative estimate of drug-likeness (QED) is 0.747. The van der Waals surface area contributed by atoms with E-state index in [0.717, 1.165) is 16.7 Å². The topological polar surface area (TPSA) is 65.8 Å². The molecule has 6 nitrogen and oxygen atoms in total. The van der Waals surface area contributed by atoms with Gasteiger partial charge in [0.05, 0.1) is 17.5 Å². The summed E-state index contributed by atoms with van der Waals surface area (Å²) in [5.41, 5.74) is 1.01. The van der Waals surface area contributed by atoms with Crippen molar-refractivity contribution in [1.82, 2.24) is 9.80 Å². The molecular weight excluding hydrogens is 421 g/mol. The first-order valence-corrected chi connectivity index (χ1v) is 8.74. The van der Waals surface area contributed by atoms with Crippen LogP contribution < -0.4 is 5.32 Å². The molecule has 0 saturated carbocycles. The first-order valence-electron chi connectivity index (χ1n) is 7.67. The molecule has 1 aromatic heterocycles. The van der Waals surface area contributed by atoms with E-state index in [4.69, 9.17) is 4.42 Å². The second kappa shape index (κ2) is 7.35. The number of carbonyl (C=O) groups excluding carboxylic acids is 2. The minimum Gasteiger partial charge on any atom is -0.459 e. The molecule has 3 rings (SSSR count). The molecular formula is C17H18IN3O3. The van der Waals surface area contributed by atoms with Crippen molar-refractivity contribution in [3.63, 3.8) is 0 Å². The summed E-state index contributed by atoms with van der Waals surface area (Å²) in [6.45, 7) is 3.08. The SMILES string of the molecule is CN1CCN(C(=O)c2cc(I)ccc2NC(=O)c2ccco2)CC1. The summed E-state index contributed by atoms with van der Waals surface area (Å²) in [6.07, 6.45) is 1.44. The molecule has 2 heterocycles. The van der Waals surface area contributed by atoms with Crippen LogP contribution >= 0.6 is 22.6 Å². The summed E-state index contributed by atoms with van der Waals surface area (Å²) in [4.78, 5) is 29.1.